The molecule has 0 N–H and O–H groups in total. The summed E-state index contributed by atoms with van der Waals surface area (Å²) in [5.41, 5.74) is 1.83. The number of carbonyl (C=O) groups excluding carboxylic acids is 2. The summed E-state index contributed by atoms with van der Waals surface area (Å²) in [7, 11) is 1.37. The van der Waals surface area contributed by atoms with Crippen LogP contribution in [0, 0.1) is 0 Å². The maximum Gasteiger partial charge on any atom is 0.306 e. The second kappa shape index (κ2) is 10.4. The maximum atomic E-state index is 13.4. The number of ether oxygens (including phenoxy) is 1. The number of amides is 1. The summed E-state index contributed by atoms with van der Waals surface area (Å²) < 4.78 is 10.3. The van der Waals surface area contributed by atoms with Gasteiger partial charge in [0.2, 0.25) is 0 Å². The molecule has 1 aromatic carbocycles. The van der Waals surface area contributed by atoms with E-state index < -0.39 is 0 Å². The molecule has 166 valence electrons. The summed E-state index contributed by atoms with van der Waals surface area (Å²) >= 11 is 1.61. The molecule has 4 rings (SSSR count). The van der Waals surface area contributed by atoms with E-state index in [1.807, 2.05) is 64.9 Å². The van der Waals surface area contributed by atoms with E-state index in [4.69, 9.17) is 9.15 Å². The molecular weight excluding hydrogens is 426 g/mol. The molecule has 32 heavy (non-hydrogen) atoms. The summed E-state index contributed by atoms with van der Waals surface area (Å²) in [6.45, 7) is 1.11. The van der Waals surface area contributed by atoms with Crippen LogP contribution in [0.25, 0.3) is 0 Å². The number of nitrogens with zero attached hydrogens (tertiary/aromatic N) is 3. The van der Waals surface area contributed by atoms with Gasteiger partial charge in [0, 0.05) is 24.4 Å². The van der Waals surface area contributed by atoms with Crippen molar-refractivity contribution in [1.82, 2.24) is 9.91 Å². The van der Waals surface area contributed by atoms with Gasteiger partial charge in [0.1, 0.15) is 11.5 Å². The smallest absolute Gasteiger partial charge is 0.306 e. The van der Waals surface area contributed by atoms with Crippen molar-refractivity contribution in [3.8, 4) is 0 Å². The van der Waals surface area contributed by atoms with Crippen LogP contribution in [0.3, 0.4) is 0 Å². The molecule has 7 nitrogen and oxygen atoms in total. The van der Waals surface area contributed by atoms with Crippen molar-refractivity contribution < 1.29 is 18.7 Å². The van der Waals surface area contributed by atoms with Gasteiger partial charge in [-0.2, -0.15) is 5.10 Å². The van der Waals surface area contributed by atoms with E-state index >= 15 is 0 Å². The molecular formula is C24H25N3O4S. The number of hydrazone groups is 1. The fourth-order valence-electron chi connectivity index (χ4n) is 3.71. The Hall–Kier alpha value is -3.23. The number of benzene rings is 1. The number of furan rings is 1. The van der Waals surface area contributed by atoms with Crippen molar-refractivity contribution >= 4 is 28.9 Å². The van der Waals surface area contributed by atoms with E-state index in [1.54, 1.807) is 22.6 Å². The predicted molar refractivity (Wildman–Crippen MR) is 122 cm³/mol. The number of methoxy groups -OCH3 is 1. The van der Waals surface area contributed by atoms with Crippen molar-refractivity contribution in [3.05, 3.63) is 82.4 Å². The summed E-state index contributed by atoms with van der Waals surface area (Å²) in [6, 6.07) is 17.4. The number of hydrogen-bond donors (Lipinski definition) is 0. The van der Waals surface area contributed by atoms with Crippen LogP contribution in [0.15, 0.2) is 75.8 Å². The molecule has 1 unspecified atom stereocenters. The van der Waals surface area contributed by atoms with Crippen LogP contribution < -0.4 is 0 Å². The predicted octanol–water partition coefficient (Wildman–Crippen LogP) is 4.08. The van der Waals surface area contributed by atoms with Gasteiger partial charge < -0.3 is 9.15 Å². The highest BCUT2D eigenvalue weighted by molar-refractivity contribution is 7.10. The van der Waals surface area contributed by atoms with Crippen molar-refractivity contribution in [2.45, 2.75) is 25.4 Å². The summed E-state index contributed by atoms with van der Waals surface area (Å²) in [5.74, 6) is 0.255. The average molecular weight is 452 g/mol. The number of hydrogen-bond acceptors (Lipinski definition) is 7. The lowest BCUT2D eigenvalue weighted by molar-refractivity contribution is -0.142. The number of thiophene rings is 1. The molecule has 1 atom stereocenters. The van der Waals surface area contributed by atoms with Gasteiger partial charge >= 0.3 is 5.97 Å². The maximum absolute atomic E-state index is 13.4. The second-order valence-electron chi connectivity index (χ2n) is 7.52. The SMILES string of the molecule is COC(=O)CCN(CC(=O)N1N=C(c2ccco2)CC1c1cccs1)Cc1ccccc1. The molecule has 0 aliphatic carbocycles. The zero-order chi connectivity index (χ0) is 22.3. The van der Waals surface area contributed by atoms with Gasteiger partial charge in [-0.1, -0.05) is 36.4 Å². The first-order valence-corrected chi connectivity index (χ1v) is 11.3. The lowest BCUT2D eigenvalue weighted by Gasteiger charge is -2.26. The van der Waals surface area contributed by atoms with Crippen molar-refractivity contribution in [1.29, 1.82) is 0 Å². The van der Waals surface area contributed by atoms with Crippen molar-refractivity contribution in [2.24, 2.45) is 5.10 Å². The zero-order valence-electron chi connectivity index (χ0n) is 17.8. The van der Waals surface area contributed by atoms with E-state index in [1.165, 1.54) is 7.11 Å². The standard InChI is InChI=1S/C24H25N3O4S/c1-30-24(29)11-12-26(16-18-7-3-2-4-8-18)17-23(28)27-20(22-10-6-14-32-22)15-19(25-27)21-9-5-13-31-21/h2-10,13-14,20H,11-12,15-17H2,1H3. The third kappa shape index (κ3) is 5.33. The minimum atomic E-state index is -0.300. The van der Waals surface area contributed by atoms with E-state index in [0.717, 1.165) is 16.2 Å². The van der Waals surface area contributed by atoms with E-state index in [9.17, 15) is 9.59 Å². The molecule has 0 bridgehead atoms. The van der Waals surface area contributed by atoms with Crippen LogP contribution >= 0.6 is 11.3 Å². The Balaban J connectivity index is 1.53. The van der Waals surface area contributed by atoms with Gasteiger partial charge in [0.15, 0.2) is 0 Å². The molecule has 0 spiro atoms. The molecule has 0 radical (unpaired) electrons. The highest BCUT2D eigenvalue weighted by Crippen LogP contribution is 2.35. The molecule has 8 heteroatoms. The normalized spacial score (nSPS) is 15.8. The van der Waals surface area contributed by atoms with Gasteiger partial charge in [0.25, 0.3) is 5.91 Å². The van der Waals surface area contributed by atoms with Gasteiger partial charge in [-0.25, -0.2) is 5.01 Å². The van der Waals surface area contributed by atoms with Crippen LogP contribution in [-0.2, 0) is 20.9 Å². The van der Waals surface area contributed by atoms with Gasteiger partial charge in [0.05, 0.1) is 32.4 Å². The fraction of sp³-hybridized carbons (Fsp3) is 0.292. The van der Waals surface area contributed by atoms with Crippen molar-refractivity contribution in [3.63, 3.8) is 0 Å². The Morgan fingerprint density at radius 3 is 2.72 bits per heavy atom. The highest BCUT2D eigenvalue weighted by Gasteiger charge is 2.35. The number of esters is 1. The number of rotatable bonds is 9. The molecule has 0 fully saturated rings. The van der Waals surface area contributed by atoms with Crippen LogP contribution in [0.4, 0.5) is 0 Å². The Kier molecular flexibility index (Phi) is 7.14. The third-order valence-electron chi connectivity index (χ3n) is 5.31. The molecule has 1 aliphatic rings. The highest BCUT2D eigenvalue weighted by atomic mass is 32.1. The summed E-state index contributed by atoms with van der Waals surface area (Å²) in [5, 5.41) is 8.20. The molecule has 1 amide bonds. The zero-order valence-corrected chi connectivity index (χ0v) is 18.7. The molecule has 3 aromatic rings. The first kappa shape index (κ1) is 22.0. The van der Waals surface area contributed by atoms with E-state index in [0.29, 0.717) is 25.3 Å². The summed E-state index contributed by atoms with van der Waals surface area (Å²) in [6.07, 6.45) is 2.42. The Labute approximate surface area is 190 Å². The Morgan fingerprint density at radius 2 is 2.03 bits per heavy atom. The summed E-state index contributed by atoms with van der Waals surface area (Å²) in [4.78, 5) is 28.2. The molecule has 3 heterocycles. The second-order valence-corrected chi connectivity index (χ2v) is 8.50. The molecule has 2 aromatic heterocycles. The van der Waals surface area contributed by atoms with E-state index in [-0.39, 0.29) is 30.9 Å². The quantitative estimate of drug-likeness (QED) is 0.458. The first-order chi connectivity index (χ1) is 15.6. The lowest BCUT2D eigenvalue weighted by atomic mass is 10.1. The van der Waals surface area contributed by atoms with Crippen molar-refractivity contribution in [2.75, 3.05) is 20.2 Å². The van der Waals surface area contributed by atoms with E-state index in [2.05, 4.69) is 5.10 Å². The van der Waals surface area contributed by atoms with Crippen LogP contribution in [0.2, 0.25) is 0 Å². The van der Waals surface area contributed by atoms with Gasteiger partial charge in [-0.15, -0.1) is 11.3 Å². The topological polar surface area (TPSA) is 75.3 Å². The Morgan fingerprint density at radius 1 is 1.19 bits per heavy atom. The minimum Gasteiger partial charge on any atom is -0.469 e. The largest absolute Gasteiger partial charge is 0.469 e. The van der Waals surface area contributed by atoms with Crippen LogP contribution in [-0.4, -0.2) is 47.7 Å². The lowest BCUT2D eigenvalue weighted by Crippen LogP contribution is -2.38. The molecule has 0 saturated heterocycles. The fourth-order valence-corrected chi connectivity index (χ4v) is 4.52. The van der Waals surface area contributed by atoms with Crippen LogP contribution in [0.1, 0.15) is 35.1 Å². The number of carbonyl (C=O) groups is 2. The first-order valence-electron chi connectivity index (χ1n) is 10.4. The average Bonchev–Trinajstić information content (AvgIpc) is 3.58. The molecule has 0 saturated carbocycles. The van der Waals surface area contributed by atoms with Gasteiger partial charge in [-0.05, 0) is 29.1 Å². The minimum absolute atomic E-state index is 0.120. The molecule has 1 aliphatic heterocycles. The Bertz CT molecular complexity index is 1050. The third-order valence-corrected chi connectivity index (χ3v) is 6.28. The van der Waals surface area contributed by atoms with Gasteiger partial charge in [-0.3, -0.25) is 14.5 Å². The monoisotopic (exact) mass is 451 g/mol. The van der Waals surface area contributed by atoms with Crippen LogP contribution in [0.5, 0.6) is 0 Å².